The van der Waals surface area contributed by atoms with Crippen molar-refractivity contribution in [2.45, 2.75) is 40.2 Å². The van der Waals surface area contributed by atoms with Crippen LogP contribution in [0.2, 0.25) is 0 Å². The first-order valence-corrected chi connectivity index (χ1v) is 11.7. The summed E-state index contributed by atoms with van der Waals surface area (Å²) in [5.74, 6) is 0.0992. The van der Waals surface area contributed by atoms with Gasteiger partial charge < -0.3 is 15.0 Å². The number of piperazine rings is 1. The number of hydrogen-bond acceptors (Lipinski definition) is 5. The Labute approximate surface area is 196 Å². The van der Waals surface area contributed by atoms with Gasteiger partial charge in [-0.25, -0.2) is 9.59 Å². The lowest BCUT2D eigenvalue weighted by Gasteiger charge is -2.39. The molecule has 1 fully saturated rings. The highest BCUT2D eigenvalue weighted by Crippen LogP contribution is 2.32. The quantitative estimate of drug-likeness (QED) is 0.638. The van der Waals surface area contributed by atoms with E-state index in [9.17, 15) is 14.4 Å². The molecule has 3 rings (SSSR count). The van der Waals surface area contributed by atoms with Crippen molar-refractivity contribution in [2.75, 3.05) is 46.4 Å². The van der Waals surface area contributed by atoms with Crippen LogP contribution in [0, 0.1) is 12.8 Å². The maximum Gasteiger partial charge on any atom is 0.338 e. The summed E-state index contributed by atoms with van der Waals surface area (Å²) in [6, 6.07) is 6.97. The van der Waals surface area contributed by atoms with Crippen molar-refractivity contribution in [3.8, 4) is 0 Å². The van der Waals surface area contributed by atoms with Crippen LogP contribution in [0.15, 0.2) is 35.5 Å². The summed E-state index contributed by atoms with van der Waals surface area (Å²) in [5.41, 5.74) is 3.00. The van der Waals surface area contributed by atoms with Crippen LogP contribution in [-0.4, -0.2) is 79.0 Å². The molecule has 2 heterocycles. The van der Waals surface area contributed by atoms with Crippen LogP contribution in [0.25, 0.3) is 0 Å². The van der Waals surface area contributed by atoms with E-state index in [0.717, 1.165) is 11.1 Å². The summed E-state index contributed by atoms with van der Waals surface area (Å²) >= 11 is 0. The molecule has 0 radical (unpaired) electrons. The van der Waals surface area contributed by atoms with E-state index in [1.54, 1.807) is 14.0 Å². The van der Waals surface area contributed by atoms with E-state index in [-0.39, 0.29) is 18.5 Å². The fraction of sp³-hybridized carbons (Fsp3) is 0.560. The Kier molecular flexibility index (Phi) is 8.13. The van der Waals surface area contributed by atoms with Crippen LogP contribution in [0.5, 0.6) is 0 Å². The zero-order chi connectivity index (χ0) is 24.1. The van der Waals surface area contributed by atoms with Crippen molar-refractivity contribution in [1.29, 1.82) is 0 Å². The SMILES string of the molecule is CCOC(=O)C1=C(CN2CCN(C(=O)CC(C)C)CC2)N(C)C(=O)NC1c1cccc(C)c1. The molecule has 0 aromatic heterocycles. The second kappa shape index (κ2) is 10.8. The maximum absolute atomic E-state index is 13.1. The minimum Gasteiger partial charge on any atom is -0.463 e. The molecule has 1 N–H and O–H groups in total. The van der Waals surface area contributed by atoms with Gasteiger partial charge in [-0.2, -0.15) is 0 Å². The second-order valence-electron chi connectivity index (χ2n) is 9.19. The number of nitrogens with one attached hydrogen (secondary N) is 1. The third-order valence-electron chi connectivity index (χ3n) is 6.13. The van der Waals surface area contributed by atoms with Crippen LogP contribution in [0.1, 0.15) is 44.4 Å². The van der Waals surface area contributed by atoms with Crippen molar-refractivity contribution >= 4 is 17.9 Å². The van der Waals surface area contributed by atoms with Crippen molar-refractivity contribution in [2.24, 2.45) is 5.92 Å². The number of carbonyl (C=O) groups is 3. The van der Waals surface area contributed by atoms with Gasteiger partial charge in [0, 0.05) is 51.9 Å². The van der Waals surface area contributed by atoms with Gasteiger partial charge in [-0.15, -0.1) is 0 Å². The molecule has 8 nitrogen and oxygen atoms in total. The summed E-state index contributed by atoms with van der Waals surface area (Å²) in [5, 5.41) is 2.96. The zero-order valence-electron chi connectivity index (χ0n) is 20.4. The number of aryl methyl sites for hydroxylation is 1. The van der Waals surface area contributed by atoms with E-state index in [1.807, 2.05) is 49.9 Å². The lowest BCUT2D eigenvalue weighted by Crippen LogP contribution is -2.53. The molecule has 0 saturated carbocycles. The molecule has 33 heavy (non-hydrogen) atoms. The number of carbonyl (C=O) groups excluding carboxylic acids is 3. The molecular formula is C25H36N4O4. The molecular weight excluding hydrogens is 420 g/mol. The predicted octanol–water partition coefficient (Wildman–Crippen LogP) is 2.70. The van der Waals surface area contributed by atoms with Crippen LogP contribution in [0.4, 0.5) is 4.79 Å². The van der Waals surface area contributed by atoms with Gasteiger partial charge in [0.05, 0.1) is 18.2 Å². The Bertz CT molecular complexity index is 919. The molecule has 2 aliphatic heterocycles. The molecule has 1 aromatic rings. The van der Waals surface area contributed by atoms with Crippen molar-refractivity contribution < 1.29 is 19.1 Å². The number of amides is 3. The molecule has 180 valence electrons. The van der Waals surface area contributed by atoms with E-state index in [4.69, 9.17) is 4.74 Å². The Morgan fingerprint density at radius 2 is 1.88 bits per heavy atom. The van der Waals surface area contributed by atoms with Crippen molar-refractivity contribution in [3.63, 3.8) is 0 Å². The largest absolute Gasteiger partial charge is 0.463 e. The Morgan fingerprint density at radius 1 is 1.18 bits per heavy atom. The standard InChI is InChI=1S/C25H36N4O4/c1-6-33-24(31)22-20(16-28-10-12-29(13-11-28)21(30)14-17(2)3)27(5)25(32)26-23(22)19-9-7-8-18(4)15-19/h7-9,15,17,23H,6,10-14,16H2,1-5H3,(H,26,32). The van der Waals surface area contributed by atoms with E-state index in [0.29, 0.717) is 56.3 Å². The predicted molar refractivity (Wildman–Crippen MR) is 126 cm³/mol. The molecule has 1 unspecified atom stereocenters. The topological polar surface area (TPSA) is 82.2 Å². The first kappa shape index (κ1) is 24.8. The van der Waals surface area contributed by atoms with Crippen LogP contribution < -0.4 is 5.32 Å². The number of hydrogen-bond donors (Lipinski definition) is 1. The Morgan fingerprint density at radius 3 is 2.48 bits per heavy atom. The van der Waals surface area contributed by atoms with Gasteiger partial charge in [-0.3, -0.25) is 14.6 Å². The number of likely N-dealkylation sites (N-methyl/N-ethyl adjacent to an activating group) is 1. The second-order valence-corrected chi connectivity index (χ2v) is 9.19. The van der Waals surface area contributed by atoms with Gasteiger partial charge in [-0.05, 0) is 25.3 Å². The normalized spacial score (nSPS) is 19.7. The van der Waals surface area contributed by atoms with Gasteiger partial charge in [-0.1, -0.05) is 43.7 Å². The van der Waals surface area contributed by atoms with Gasteiger partial charge >= 0.3 is 12.0 Å². The zero-order valence-corrected chi connectivity index (χ0v) is 20.4. The smallest absolute Gasteiger partial charge is 0.338 e. The number of benzene rings is 1. The molecule has 0 aliphatic carbocycles. The first-order chi connectivity index (χ1) is 15.7. The third-order valence-corrected chi connectivity index (χ3v) is 6.13. The van der Waals surface area contributed by atoms with E-state index >= 15 is 0 Å². The number of urea groups is 1. The molecule has 8 heteroatoms. The molecule has 0 spiro atoms. The Balaban J connectivity index is 1.87. The highest BCUT2D eigenvalue weighted by Gasteiger charge is 2.37. The molecule has 3 amide bonds. The summed E-state index contributed by atoms with van der Waals surface area (Å²) < 4.78 is 5.41. The summed E-state index contributed by atoms with van der Waals surface area (Å²) in [6.07, 6.45) is 0.555. The van der Waals surface area contributed by atoms with Crippen molar-refractivity contribution in [1.82, 2.24) is 20.0 Å². The average Bonchev–Trinajstić information content (AvgIpc) is 2.76. The van der Waals surface area contributed by atoms with Gasteiger partial charge in [0.25, 0.3) is 0 Å². The highest BCUT2D eigenvalue weighted by atomic mass is 16.5. The van der Waals surface area contributed by atoms with Crippen LogP contribution in [0.3, 0.4) is 0 Å². The molecule has 1 saturated heterocycles. The summed E-state index contributed by atoms with van der Waals surface area (Å²) in [7, 11) is 1.68. The minimum absolute atomic E-state index is 0.185. The van der Waals surface area contributed by atoms with E-state index in [2.05, 4.69) is 10.2 Å². The fourth-order valence-electron chi connectivity index (χ4n) is 4.34. The maximum atomic E-state index is 13.1. The molecule has 0 bridgehead atoms. The van der Waals surface area contributed by atoms with Crippen molar-refractivity contribution in [3.05, 3.63) is 46.7 Å². The lowest BCUT2D eigenvalue weighted by atomic mass is 9.93. The first-order valence-electron chi connectivity index (χ1n) is 11.7. The number of esters is 1. The lowest BCUT2D eigenvalue weighted by molar-refractivity contribution is -0.139. The van der Waals surface area contributed by atoms with Crippen LogP contribution in [-0.2, 0) is 14.3 Å². The third kappa shape index (κ3) is 5.93. The molecule has 1 atom stereocenters. The highest BCUT2D eigenvalue weighted by molar-refractivity contribution is 5.95. The summed E-state index contributed by atoms with van der Waals surface area (Å²) in [4.78, 5) is 44.0. The summed E-state index contributed by atoms with van der Waals surface area (Å²) in [6.45, 7) is 11.2. The van der Waals surface area contributed by atoms with Gasteiger partial charge in [0.15, 0.2) is 0 Å². The fourth-order valence-corrected chi connectivity index (χ4v) is 4.34. The number of nitrogens with zero attached hydrogens (tertiary/aromatic N) is 3. The number of rotatable bonds is 7. The molecule has 2 aliphatic rings. The number of ether oxygens (including phenoxy) is 1. The van der Waals surface area contributed by atoms with E-state index < -0.39 is 12.0 Å². The Hall–Kier alpha value is -2.87. The van der Waals surface area contributed by atoms with E-state index in [1.165, 1.54) is 4.90 Å². The minimum atomic E-state index is -0.573. The monoisotopic (exact) mass is 456 g/mol. The van der Waals surface area contributed by atoms with Crippen LogP contribution >= 0.6 is 0 Å². The van der Waals surface area contributed by atoms with Gasteiger partial charge in [0.2, 0.25) is 5.91 Å². The van der Waals surface area contributed by atoms with Gasteiger partial charge in [0.1, 0.15) is 0 Å². The average molecular weight is 457 g/mol. The molecule has 1 aromatic carbocycles.